The second-order valence-electron chi connectivity index (χ2n) is 12.4. The quantitative estimate of drug-likeness (QED) is 0.152. The molecule has 3 saturated heterocycles. The van der Waals surface area contributed by atoms with Crippen LogP contribution in [-0.2, 0) is 28.7 Å². The Morgan fingerprint density at radius 3 is 2.52 bits per heavy atom. The lowest BCUT2D eigenvalue weighted by Gasteiger charge is -2.41. The Morgan fingerprint density at radius 1 is 1.24 bits per heavy atom. The molecule has 11 nitrogen and oxygen atoms in total. The summed E-state index contributed by atoms with van der Waals surface area (Å²) in [6.45, 7) is 12.9. The molecular weight excluding hydrogens is 658 g/mol. The molecule has 1 spiro atoms. The van der Waals surface area contributed by atoms with Crippen molar-refractivity contribution in [1.82, 2.24) is 10.2 Å². The number of carbonyl (C=O) groups excluding carboxylic acids is 4. The number of amides is 3. The summed E-state index contributed by atoms with van der Waals surface area (Å²) in [5, 5.41) is 13.4. The Hall–Kier alpha value is -3.22. The first kappa shape index (κ1) is 35.6. The molecule has 3 heterocycles. The van der Waals surface area contributed by atoms with Gasteiger partial charge in [-0.05, 0) is 49.9 Å². The van der Waals surface area contributed by atoms with Crippen LogP contribution in [0.4, 0.5) is 5.69 Å². The first-order chi connectivity index (χ1) is 22.0. The van der Waals surface area contributed by atoms with E-state index in [-0.39, 0.29) is 42.8 Å². The van der Waals surface area contributed by atoms with Crippen molar-refractivity contribution in [1.29, 1.82) is 0 Å². The third-order valence-corrected chi connectivity index (χ3v) is 10.4. The number of nitrogens with one attached hydrogen (secondary N) is 1. The van der Waals surface area contributed by atoms with Gasteiger partial charge in [-0.1, -0.05) is 48.4 Å². The number of hydrogen-bond acceptors (Lipinski definition) is 8. The number of rotatable bonds is 16. The van der Waals surface area contributed by atoms with Gasteiger partial charge >= 0.3 is 5.97 Å². The smallest absolute Gasteiger partial charge is 0.312 e. The fraction of sp³-hybridized carbons (Fsp3) is 0.588. The van der Waals surface area contributed by atoms with Crippen LogP contribution in [0.1, 0.15) is 46.5 Å². The molecule has 0 aliphatic carbocycles. The summed E-state index contributed by atoms with van der Waals surface area (Å²) < 4.78 is 17.7. The number of benzene rings is 1. The van der Waals surface area contributed by atoms with Crippen molar-refractivity contribution in [2.75, 3.05) is 31.7 Å². The number of fused-ring (bicyclic) bond motifs is 1. The molecule has 2 bridgehead atoms. The lowest BCUT2D eigenvalue weighted by molar-refractivity contribution is -0.160. The summed E-state index contributed by atoms with van der Waals surface area (Å²) >= 11 is 3.69. The summed E-state index contributed by atoms with van der Waals surface area (Å²) in [6, 6.07) is 5.19. The van der Waals surface area contributed by atoms with E-state index in [0.29, 0.717) is 30.7 Å². The van der Waals surface area contributed by atoms with Crippen LogP contribution < -0.4 is 15.0 Å². The van der Waals surface area contributed by atoms with Gasteiger partial charge in [0.15, 0.2) is 0 Å². The molecule has 1 aromatic carbocycles. The van der Waals surface area contributed by atoms with Crippen molar-refractivity contribution in [2.45, 2.75) is 81.2 Å². The summed E-state index contributed by atoms with van der Waals surface area (Å²) in [5.41, 5.74) is -0.768. The molecule has 1 aromatic rings. The van der Waals surface area contributed by atoms with Gasteiger partial charge in [0.1, 0.15) is 23.5 Å². The maximum atomic E-state index is 14.8. The van der Waals surface area contributed by atoms with E-state index in [1.165, 1.54) is 4.90 Å². The zero-order valence-corrected chi connectivity index (χ0v) is 28.6. The van der Waals surface area contributed by atoms with Crippen LogP contribution in [0.5, 0.6) is 5.75 Å². The molecule has 46 heavy (non-hydrogen) atoms. The van der Waals surface area contributed by atoms with Crippen LogP contribution in [-0.4, -0.2) is 95.2 Å². The predicted octanol–water partition coefficient (Wildman–Crippen LogP) is 3.38. The SMILES string of the molecule is C=CCCC(=O)NC[C@@H](C)OC(=O)[C@@H]1[C@H]2O[C@@]3(CC2Br)[C@H](C(=O)N(CC=C)c2ccc(OC)cc2)N([C@@H](CO)[C@@H](C)CC)C(=O)[C@@H]13. The fourth-order valence-electron chi connectivity index (χ4n) is 7.05. The average Bonchev–Trinajstić information content (AvgIpc) is 3.65. The number of allylic oxidation sites excluding steroid dienone is 1. The van der Waals surface area contributed by atoms with E-state index in [4.69, 9.17) is 14.2 Å². The van der Waals surface area contributed by atoms with Gasteiger partial charge in [0.25, 0.3) is 5.91 Å². The van der Waals surface area contributed by atoms with Crippen molar-refractivity contribution < 1.29 is 38.5 Å². The van der Waals surface area contributed by atoms with Crippen LogP contribution in [0.3, 0.4) is 0 Å². The molecule has 0 saturated carbocycles. The normalized spacial score (nSPS) is 28.2. The number of aliphatic hydroxyl groups excluding tert-OH is 1. The van der Waals surface area contributed by atoms with Crippen molar-refractivity contribution in [3.63, 3.8) is 0 Å². The van der Waals surface area contributed by atoms with E-state index in [1.807, 2.05) is 13.8 Å². The number of methoxy groups -OCH3 is 1. The van der Waals surface area contributed by atoms with Crippen LogP contribution in [0.25, 0.3) is 0 Å². The molecule has 9 atom stereocenters. The Bertz CT molecular complexity index is 1310. The molecule has 2 N–H and O–H groups in total. The minimum atomic E-state index is -1.34. The van der Waals surface area contributed by atoms with Gasteiger partial charge in [0.2, 0.25) is 11.8 Å². The van der Waals surface area contributed by atoms with Crippen molar-refractivity contribution in [3.05, 3.63) is 49.6 Å². The molecule has 0 aromatic heterocycles. The molecule has 3 amide bonds. The highest BCUT2D eigenvalue weighted by Gasteiger charge is 2.77. The van der Waals surface area contributed by atoms with Crippen LogP contribution >= 0.6 is 15.9 Å². The number of anilines is 1. The highest BCUT2D eigenvalue weighted by Crippen LogP contribution is 2.61. The van der Waals surface area contributed by atoms with Crippen molar-refractivity contribution in [2.24, 2.45) is 17.8 Å². The molecule has 3 fully saturated rings. The average molecular weight is 705 g/mol. The van der Waals surface area contributed by atoms with Crippen molar-refractivity contribution >= 4 is 45.3 Å². The minimum absolute atomic E-state index is 0.105. The largest absolute Gasteiger partial charge is 0.497 e. The number of carbonyl (C=O) groups is 4. The van der Waals surface area contributed by atoms with Gasteiger partial charge in [-0.3, -0.25) is 19.2 Å². The van der Waals surface area contributed by atoms with E-state index in [9.17, 15) is 24.3 Å². The number of ether oxygens (including phenoxy) is 3. The van der Waals surface area contributed by atoms with E-state index in [1.54, 1.807) is 55.4 Å². The summed E-state index contributed by atoms with van der Waals surface area (Å²) in [4.78, 5) is 58.0. The lowest BCUT2D eigenvalue weighted by atomic mass is 9.70. The van der Waals surface area contributed by atoms with Gasteiger partial charge in [-0.2, -0.15) is 0 Å². The number of esters is 1. The van der Waals surface area contributed by atoms with E-state index < -0.39 is 59.5 Å². The van der Waals surface area contributed by atoms with E-state index in [2.05, 4.69) is 34.4 Å². The molecule has 3 aliphatic rings. The number of aliphatic hydroxyl groups is 1. The first-order valence-electron chi connectivity index (χ1n) is 15.9. The Morgan fingerprint density at radius 2 is 1.93 bits per heavy atom. The number of hydrogen-bond donors (Lipinski definition) is 2. The van der Waals surface area contributed by atoms with Crippen LogP contribution in [0, 0.1) is 17.8 Å². The molecule has 4 rings (SSSR count). The van der Waals surface area contributed by atoms with Crippen molar-refractivity contribution in [3.8, 4) is 5.75 Å². The highest BCUT2D eigenvalue weighted by molar-refractivity contribution is 9.09. The summed E-state index contributed by atoms with van der Waals surface area (Å²) in [5.74, 6) is -3.15. The van der Waals surface area contributed by atoms with E-state index in [0.717, 1.165) is 0 Å². The standard InChI is InChI=1S/C34H46BrN3O8/c1-7-10-11-26(40)36-18-21(5)45-33(43)27-28-31(41)38(25(19-39)20(4)9-3)30(34(28)17-24(35)29(27)46-34)32(42)37(16-8-2)22-12-14-23(44-6)15-13-22/h7-8,12-15,20-21,24-25,27-30,39H,1-2,9-11,16-19H2,3-6H3,(H,36,40)/t20-,21+,24?,25-,27-,28+,29-,30-,34+/m0/s1. The minimum Gasteiger partial charge on any atom is -0.497 e. The van der Waals surface area contributed by atoms with Gasteiger partial charge in [0.05, 0.1) is 44.2 Å². The monoisotopic (exact) mass is 703 g/mol. The Kier molecular flexibility index (Phi) is 11.7. The molecule has 3 aliphatic heterocycles. The third-order valence-electron chi connectivity index (χ3n) is 9.52. The summed E-state index contributed by atoms with van der Waals surface area (Å²) in [6.07, 6.45) is 3.65. The fourth-order valence-corrected chi connectivity index (χ4v) is 7.99. The predicted molar refractivity (Wildman–Crippen MR) is 176 cm³/mol. The molecule has 252 valence electrons. The van der Waals surface area contributed by atoms with Crippen LogP contribution in [0.2, 0.25) is 0 Å². The van der Waals surface area contributed by atoms with Gasteiger partial charge in [-0.15, -0.1) is 13.2 Å². The molecule has 12 heteroatoms. The number of alkyl halides is 1. The highest BCUT2D eigenvalue weighted by atomic mass is 79.9. The second-order valence-corrected chi connectivity index (χ2v) is 13.5. The Labute approximate surface area is 279 Å². The lowest BCUT2D eigenvalue weighted by Crippen LogP contribution is -2.60. The van der Waals surface area contributed by atoms with Gasteiger partial charge in [-0.25, -0.2) is 0 Å². The Balaban J connectivity index is 1.71. The van der Waals surface area contributed by atoms with E-state index >= 15 is 0 Å². The van der Waals surface area contributed by atoms with Crippen LogP contribution in [0.15, 0.2) is 49.6 Å². The number of halogens is 1. The first-order valence-corrected chi connectivity index (χ1v) is 16.8. The second kappa shape index (κ2) is 15.1. The van der Waals surface area contributed by atoms with Gasteiger partial charge in [0, 0.05) is 23.5 Å². The third kappa shape index (κ3) is 6.61. The number of likely N-dealkylation sites (tertiary alicyclic amines) is 1. The summed E-state index contributed by atoms with van der Waals surface area (Å²) in [7, 11) is 1.56. The zero-order chi connectivity index (χ0) is 33.8. The van der Waals surface area contributed by atoms with Gasteiger partial charge < -0.3 is 34.4 Å². The maximum absolute atomic E-state index is 14.8. The molecule has 0 radical (unpaired) electrons. The molecule has 1 unspecified atom stereocenters. The molecular formula is C34H46BrN3O8. The topological polar surface area (TPSA) is 135 Å². The number of nitrogens with zero attached hydrogens (tertiary/aromatic N) is 2. The zero-order valence-electron chi connectivity index (χ0n) is 27.0. The maximum Gasteiger partial charge on any atom is 0.312 e.